The summed E-state index contributed by atoms with van der Waals surface area (Å²) < 4.78 is 68.2. The van der Waals surface area contributed by atoms with Crippen molar-refractivity contribution in [2.45, 2.75) is 57.3 Å². The van der Waals surface area contributed by atoms with Crippen LogP contribution in [0.4, 0.5) is 17.6 Å². The van der Waals surface area contributed by atoms with Crippen molar-refractivity contribution in [3.63, 3.8) is 0 Å². The van der Waals surface area contributed by atoms with E-state index in [0.717, 1.165) is 30.4 Å². The molecule has 14 heteroatoms. The Kier molecular flexibility index (Phi) is 6.10. The lowest BCUT2D eigenvalue weighted by atomic mass is 10.1. The van der Waals surface area contributed by atoms with E-state index in [0.29, 0.717) is 46.7 Å². The zero-order valence-corrected chi connectivity index (χ0v) is 22.5. The zero-order chi connectivity index (χ0) is 29.2. The number of aryl methyl sites for hydroxylation is 1. The van der Waals surface area contributed by atoms with Gasteiger partial charge in [-0.25, -0.2) is 29.3 Å². The monoisotopic (exact) mass is 580 g/mol. The number of rotatable bonds is 8. The van der Waals surface area contributed by atoms with Gasteiger partial charge in [0.15, 0.2) is 23.2 Å². The Labute approximate surface area is 236 Å². The predicted octanol–water partition coefficient (Wildman–Crippen LogP) is 5.94. The molecule has 0 bridgehead atoms. The highest BCUT2D eigenvalue weighted by atomic mass is 19.4. The number of H-pyrrole nitrogens is 1. The molecule has 5 aromatic heterocycles. The summed E-state index contributed by atoms with van der Waals surface area (Å²) in [7, 11) is 1.52. The minimum atomic E-state index is -4.65. The van der Waals surface area contributed by atoms with E-state index in [-0.39, 0.29) is 36.0 Å². The van der Waals surface area contributed by atoms with Crippen molar-refractivity contribution in [3.8, 4) is 34.7 Å². The molecular weight excluding hydrogens is 556 g/mol. The molecule has 1 N–H and O–H groups in total. The number of ether oxygens (including phenoxy) is 2. The molecule has 216 valence electrons. The van der Waals surface area contributed by atoms with Crippen LogP contribution in [-0.2, 0) is 12.8 Å². The molecule has 0 aromatic carbocycles. The zero-order valence-electron chi connectivity index (χ0n) is 22.5. The lowest BCUT2D eigenvalue weighted by Gasteiger charge is -2.13. The maximum atomic E-state index is 15.3. The Bertz CT molecular complexity index is 1820. The number of methoxy groups -OCH3 is 1. The molecule has 7 rings (SSSR count). The van der Waals surface area contributed by atoms with Crippen LogP contribution < -0.4 is 9.47 Å². The quantitative estimate of drug-likeness (QED) is 0.224. The van der Waals surface area contributed by atoms with Gasteiger partial charge in [-0.3, -0.25) is 0 Å². The number of imidazole rings is 1. The first kappa shape index (κ1) is 26.3. The van der Waals surface area contributed by atoms with Gasteiger partial charge in [0.05, 0.1) is 18.3 Å². The number of alkyl halides is 3. The second-order valence-corrected chi connectivity index (χ2v) is 10.5. The van der Waals surface area contributed by atoms with Crippen molar-refractivity contribution < 1.29 is 27.0 Å². The van der Waals surface area contributed by atoms with Crippen LogP contribution in [0, 0.1) is 12.7 Å². The molecular formula is C28H24F4N8O2. The van der Waals surface area contributed by atoms with Gasteiger partial charge in [-0.2, -0.15) is 18.2 Å². The number of nitrogens with one attached hydrogen (secondary N) is 1. The van der Waals surface area contributed by atoms with E-state index in [1.807, 2.05) is 13.0 Å². The summed E-state index contributed by atoms with van der Waals surface area (Å²) in [6.45, 7) is 1.76. The van der Waals surface area contributed by atoms with E-state index in [2.05, 4.69) is 29.9 Å². The number of nitrogens with zero attached hydrogens (tertiary/aromatic N) is 7. The molecule has 0 spiro atoms. The maximum Gasteiger partial charge on any atom is 0.434 e. The van der Waals surface area contributed by atoms with E-state index in [9.17, 15) is 13.2 Å². The first-order valence-corrected chi connectivity index (χ1v) is 13.4. The minimum absolute atomic E-state index is 0.114. The summed E-state index contributed by atoms with van der Waals surface area (Å²) in [5.74, 6) is 0.224. The molecule has 2 aliphatic rings. The molecule has 2 fully saturated rings. The summed E-state index contributed by atoms with van der Waals surface area (Å²) in [5, 5.41) is 0. The van der Waals surface area contributed by atoms with Crippen LogP contribution in [0.25, 0.3) is 33.9 Å². The molecule has 42 heavy (non-hydrogen) atoms. The molecule has 2 saturated carbocycles. The summed E-state index contributed by atoms with van der Waals surface area (Å²) in [4.78, 5) is 29.1. The third kappa shape index (κ3) is 4.80. The summed E-state index contributed by atoms with van der Waals surface area (Å²) in [5.41, 5.74) is 2.41. The second kappa shape index (κ2) is 9.74. The Morgan fingerprint density at radius 2 is 1.83 bits per heavy atom. The van der Waals surface area contributed by atoms with Crippen LogP contribution in [0.5, 0.6) is 11.8 Å². The SMILES string of the molecule is COc1ncnc(C2CC2)c1-c1nc(OCc2cnc(-c3nc(C(F)(F)F)cn3C3CC3)c(F)c2)c2[nH]c(C)cc2n1. The van der Waals surface area contributed by atoms with Gasteiger partial charge in [-0.1, -0.05) is 0 Å². The first-order chi connectivity index (χ1) is 20.2. The van der Waals surface area contributed by atoms with Crippen molar-refractivity contribution in [3.05, 3.63) is 59.3 Å². The molecule has 5 heterocycles. The molecule has 0 unspecified atom stereocenters. The largest absolute Gasteiger partial charge is 0.480 e. The third-order valence-electron chi connectivity index (χ3n) is 7.25. The van der Waals surface area contributed by atoms with Crippen LogP contribution in [0.1, 0.15) is 60.3 Å². The molecule has 0 saturated heterocycles. The molecule has 0 atom stereocenters. The fourth-order valence-electron chi connectivity index (χ4n) is 4.96. The number of fused-ring (bicyclic) bond motifs is 1. The Morgan fingerprint density at radius 1 is 1.02 bits per heavy atom. The second-order valence-electron chi connectivity index (χ2n) is 10.5. The standard InChI is InChI=1S/C28H24F4N8O2/c1-13-7-18-23(36-13)27(39-24(37-18)20-21(15-3-4-15)34-12-35-26(20)41-2)42-11-14-8-17(29)22(33-9-14)25-38-19(28(30,31)32)10-40(25)16-5-6-16/h7-10,12,15-16,36H,3-6,11H2,1-2H3. The molecule has 2 aliphatic carbocycles. The van der Waals surface area contributed by atoms with Crippen molar-refractivity contribution >= 4 is 11.0 Å². The van der Waals surface area contributed by atoms with Gasteiger partial charge in [0.25, 0.3) is 0 Å². The lowest BCUT2D eigenvalue weighted by molar-refractivity contribution is -0.140. The van der Waals surface area contributed by atoms with Gasteiger partial charge in [0, 0.05) is 35.6 Å². The fourth-order valence-corrected chi connectivity index (χ4v) is 4.96. The van der Waals surface area contributed by atoms with E-state index in [4.69, 9.17) is 14.5 Å². The van der Waals surface area contributed by atoms with Gasteiger partial charge in [0.1, 0.15) is 29.7 Å². The van der Waals surface area contributed by atoms with E-state index in [1.54, 1.807) is 0 Å². The van der Waals surface area contributed by atoms with Crippen LogP contribution >= 0.6 is 0 Å². The van der Waals surface area contributed by atoms with E-state index < -0.39 is 17.7 Å². The number of halogens is 4. The van der Waals surface area contributed by atoms with Crippen LogP contribution in [0.3, 0.4) is 0 Å². The van der Waals surface area contributed by atoms with Crippen molar-refractivity contribution in [2.75, 3.05) is 7.11 Å². The summed E-state index contributed by atoms with van der Waals surface area (Å²) in [6.07, 6.45) is 2.48. The van der Waals surface area contributed by atoms with Gasteiger partial charge in [-0.05, 0) is 44.7 Å². The molecule has 0 aliphatic heterocycles. The topological polar surface area (TPSA) is 117 Å². The normalized spacial score (nSPS) is 15.4. The van der Waals surface area contributed by atoms with Crippen molar-refractivity contribution in [2.24, 2.45) is 0 Å². The van der Waals surface area contributed by atoms with Gasteiger partial charge in [-0.15, -0.1) is 0 Å². The average molecular weight is 581 g/mol. The first-order valence-electron chi connectivity index (χ1n) is 13.4. The van der Waals surface area contributed by atoms with Crippen molar-refractivity contribution in [1.82, 2.24) is 39.5 Å². The molecule has 10 nitrogen and oxygen atoms in total. The molecule has 0 radical (unpaired) electrons. The Morgan fingerprint density at radius 3 is 2.52 bits per heavy atom. The number of aromatic nitrogens is 8. The number of hydrogen-bond donors (Lipinski definition) is 1. The number of hydrogen-bond acceptors (Lipinski definition) is 8. The number of aromatic amines is 1. The smallest absolute Gasteiger partial charge is 0.434 e. The summed E-state index contributed by atoms with van der Waals surface area (Å²) in [6, 6.07) is 2.88. The number of pyridine rings is 1. The maximum absolute atomic E-state index is 15.3. The van der Waals surface area contributed by atoms with Crippen molar-refractivity contribution in [1.29, 1.82) is 0 Å². The van der Waals surface area contributed by atoms with Crippen LogP contribution in [-0.4, -0.2) is 46.6 Å². The average Bonchev–Trinajstić information content (AvgIpc) is 3.89. The fraction of sp³-hybridized carbons (Fsp3) is 0.357. The molecule has 0 amide bonds. The lowest BCUT2D eigenvalue weighted by Crippen LogP contribution is -2.06. The van der Waals surface area contributed by atoms with Gasteiger partial charge in [0.2, 0.25) is 11.8 Å². The van der Waals surface area contributed by atoms with Gasteiger partial charge < -0.3 is 19.0 Å². The predicted molar refractivity (Wildman–Crippen MR) is 141 cm³/mol. The third-order valence-corrected chi connectivity index (χ3v) is 7.25. The van der Waals surface area contributed by atoms with Crippen LogP contribution in [0.2, 0.25) is 0 Å². The molecule has 5 aromatic rings. The highest BCUT2D eigenvalue weighted by Gasteiger charge is 2.38. The van der Waals surface area contributed by atoms with Crippen LogP contribution in [0.15, 0.2) is 30.9 Å². The summed E-state index contributed by atoms with van der Waals surface area (Å²) >= 11 is 0. The van der Waals surface area contributed by atoms with E-state index >= 15 is 4.39 Å². The minimum Gasteiger partial charge on any atom is -0.480 e. The highest BCUT2D eigenvalue weighted by Crippen LogP contribution is 2.45. The Balaban J connectivity index is 1.21. The van der Waals surface area contributed by atoms with E-state index in [1.165, 1.54) is 30.3 Å². The van der Waals surface area contributed by atoms with Gasteiger partial charge >= 0.3 is 6.18 Å². The Hall–Kier alpha value is -4.62. The highest BCUT2D eigenvalue weighted by molar-refractivity contribution is 5.83.